The van der Waals surface area contributed by atoms with Crippen LogP contribution in [0.4, 0.5) is 0 Å². The van der Waals surface area contributed by atoms with Crippen LogP contribution >= 0.6 is 45.8 Å². The second kappa shape index (κ2) is 13.1. The average molecular weight is 637 g/mol. The summed E-state index contributed by atoms with van der Waals surface area (Å²) < 4.78 is 12.3. The molecule has 0 aromatic heterocycles. The van der Waals surface area contributed by atoms with Crippen LogP contribution in [-0.2, 0) is 17.9 Å². The number of methoxy groups -OCH3 is 1. The topological polar surface area (TPSA) is 120 Å². The first-order valence-corrected chi connectivity index (χ1v) is 12.7. The monoisotopic (exact) mass is 636 g/mol. The van der Waals surface area contributed by atoms with Crippen molar-refractivity contribution in [1.29, 1.82) is 0 Å². The Morgan fingerprint density at radius 2 is 2.00 bits per heavy atom. The molecule has 5 N–H and O–H groups in total. The van der Waals surface area contributed by atoms with Gasteiger partial charge in [0, 0.05) is 34.7 Å². The van der Waals surface area contributed by atoms with E-state index in [1.54, 1.807) is 36.4 Å². The van der Waals surface area contributed by atoms with Crippen LogP contribution in [0.3, 0.4) is 0 Å². The molecule has 11 heteroatoms. The third-order valence-corrected chi connectivity index (χ3v) is 6.93. The van der Waals surface area contributed by atoms with Crippen LogP contribution in [0.2, 0.25) is 10.0 Å². The van der Waals surface area contributed by atoms with Gasteiger partial charge < -0.3 is 35.4 Å². The van der Waals surface area contributed by atoms with Crippen molar-refractivity contribution in [1.82, 2.24) is 10.6 Å². The van der Waals surface area contributed by atoms with Gasteiger partial charge >= 0.3 is 0 Å². The predicted octanol–water partition coefficient (Wildman–Crippen LogP) is 2.80. The highest BCUT2D eigenvalue weighted by Gasteiger charge is 2.36. The summed E-state index contributed by atoms with van der Waals surface area (Å²) >= 11 is 14.3. The normalized spacial score (nSPS) is 19.7. The van der Waals surface area contributed by atoms with Gasteiger partial charge in [-0.1, -0.05) is 29.3 Å². The van der Waals surface area contributed by atoms with Gasteiger partial charge in [-0.25, -0.2) is 0 Å². The van der Waals surface area contributed by atoms with Crippen LogP contribution in [0.25, 0.3) is 0 Å². The number of aliphatic hydroxyl groups is 3. The number of aliphatic hydroxyl groups excluding tert-OH is 3. The molecule has 0 heterocycles. The molecule has 3 unspecified atom stereocenters. The molecule has 0 spiro atoms. The third kappa shape index (κ3) is 7.22. The largest absolute Gasteiger partial charge is 0.493 e. The minimum Gasteiger partial charge on any atom is -0.493 e. The number of rotatable bonds is 10. The van der Waals surface area contributed by atoms with E-state index in [0.717, 1.165) is 5.56 Å². The lowest BCUT2D eigenvalue weighted by atomic mass is 9.89. The molecule has 0 saturated carbocycles. The number of nitrogens with one attached hydrogen (secondary N) is 2. The lowest BCUT2D eigenvalue weighted by Crippen LogP contribution is -2.51. The molecular formula is C24H27Cl2IN2O6. The van der Waals surface area contributed by atoms with E-state index in [2.05, 4.69) is 33.2 Å². The molecule has 2 aromatic rings. The van der Waals surface area contributed by atoms with E-state index in [9.17, 15) is 15.0 Å². The van der Waals surface area contributed by atoms with Crippen LogP contribution in [0.1, 0.15) is 17.5 Å². The van der Waals surface area contributed by atoms with Crippen molar-refractivity contribution in [3.63, 3.8) is 0 Å². The molecule has 1 aliphatic carbocycles. The number of hydrogen-bond acceptors (Lipinski definition) is 7. The zero-order valence-electron chi connectivity index (χ0n) is 18.9. The van der Waals surface area contributed by atoms with Crippen molar-refractivity contribution in [2.45, 2.75) is 37.8 Å². The van der Waals surface area contributed by atoms with Crippen molar-refractivity contribution >= 4 is 51.7 Å². The van der Waals surface area contributed by atoms with Crippen LogP contribution in [-0.4, -0.2) is 59.7 Å². The number of hydrogen-bond donors (Lipinski definition) is 5. The zero-order chi connectivity index (χ0) is 25.5. The fourth-order valence-electron chi connectivity index (χ4n) is 3.72. The second-order valence-corrected chi connectivity index (χ2v) is 9.94. The molecule has 0 aliphatic heterocycles. The van der Waals surface area contributed by atoms with E-state index in [4.69, 9.17) is 37.8 Å². The Labute approximate surface area is 227 Å². The van der Waals surface area contributed by atoms with Gasteiger partial charge in [0.25, 0.3) is 0 Å². The Morgan fingerprint density at radius 3 is 2.66 bits per heavy atom. The van der Waals surface area contributed by atoms with Crippen LogP contribution in [0.5, 0.6) is 11.5 Å². The minimum atomic E-state index is -1.01. The highest BCUT2D eigenvalue weighted by Crippen LogP contribution is 2.36. The molecule has 1 aliphatic rings. The predicted molar refractivity (Wildman–Crippen MR) is 142 cm³/mol. The Bertz CT molecular complexity index is 1080. The fourth-order valence-corrected chi connectivity index (χ4v) is 4.99. The quantitative estimate of drug-likeness (QED) is 0.255. The molecule has 190 valence electrons. The molecule has 3 atom stereocenters. The first-order chi connectivity index (χ1) is 16.8. The maximum Gasteiger partial charge on any atom is 0.247 e. The number of benzene rings is 2. The van der Waals surface area contributed by atoms with Crippen molar-refractivity contribution in [3.05, 3.63) is 66.7 Å². The third-order valence-electron chi connectivity index (χ3n) is 5.54. The Kier molecular flexibility index (Phi) is 10.5. The van der Waals surface area contributed by atoms with Gasteiger partial charge in [0.15, 0.2) is 11.5 Å². The summed E-state index contributed by atoms with van der Waals surface area (Å²) in [6, 6.07) is 8.04. The van der Waals surface area contributed by atoms with E-state index in [-0.39, 0.29) is 32.1 Å². The first-order valence-electron chi connectivity index (χ1n) is 10.9. The average Bonchev–Trinajstić information content (AvgIpc) is 2.84. The number of ether oxygens (including phenoxy) is 2. The number of amides is 1. The van der Waals surface area contributed by atoms with Gasteiger partial charge in [-0.05, 0) is 70.5 Å². The van der Waals surface area contributed by atoms with E-state index < -0.39 is 18.2 Å². The Morgan fingerprint density at radius 1 is 1.23 bits per heavy atom. The Hall–Kier alpha value is -1.60. The maximum absolute atomic E-state index is 12.7. The second-order valence-electron chi connectivity index (χ2n) is 7.94. The first kappa shape index (κ1) is 28.0. The van der Waals surface area contributed by atoms with E-state index in [1.165, 1.54) is 7.11 Å². The summed E-state index contributed by atoms with van der Waals surface area (Å²) in [5.74, 6) is 0.436. The van der Waals surface area contributed by atoms with Gasteiger partial charge in [-0.2, -0.15) is 0 Å². The van der Waals surface area contributed by atoms with Crippen molar-refractivity contribution < 1.29 is 29.6 Å². The molecular weight excluding hydrogens is 610 g/mol. The summed E-state index contributed by atoms with van der Waals surface area (Å²) in [5, 5.41) is 36.7. The maximum atomic E-state index is 12.7. The van der Waals surface area contributed by atoms with Crippen LogP contribution in [0, 0.1) is 3.57 Å². The molecule has 1 amide bonds. The summed E-state index contributed by atoms with van der Waals surface area (Å²) in [7, 11) is 1.49. The summed E-state index contributed by atoms with van der Waals surface area (Å²) in [4.78, 5) is 12.7. The van der Waals surface area contributed by atoms with Gasteiger partial charge in [-0.15, -0.1) is 0 Å². The van der Waals surface area contributed by atoms with Gasteiger partial charge in [-0.3, -0.25) is 4.79 Å². The standard InChI is InChI=1S/C24H27Cl2IN2O6/c1-34-21-7-13(12-31)6-18(27)23(21)35-20-9-15(24(33)28-4-5-30)8-19(22(20)32)29-11-14-2-3-16(25)10-17(14)26/h2-3,6-7,9-10,19-20,22,29-32H,4-5,8,11-12H2,1H3,(H,28,33). The van der Waals surface area contributed by atoms with Crippen LogP contribution < -0.4 is 20.1 Å². The van der Waals surface area contributed by atoms with Crippen LogP contribution in [0.15, 0.2) is 42.0 Å². The fraction of sp³-hybridized carbons (Fsp3) is 0.375. The highest BCUT2D eigenvalue weighted by atomic mass is 127. The van der Waals surface area contributed by atoms with Crippen molar-refractivity contribution in [2.24, 2.45) is 0 Å². The molecule has 0 fully saturated rings. The van der Waals surface area contributed by atoms with E-state index >= 15 is 0 Å². The molecule has 8 nitrogen and oxygen atoms in total. The Balaban J connectivity index is 1.87. The highest BCUT2D eigenvalue weighted by molar-refractivity contribution is 14.1. The lowest BCUT2D eigenvalue weighted by Gasteiger charge is -2.35. The SMILES string of the molecule is COc1cc(CO)cc(I)c1OC1C=C(C(=O)NCCO)CC(NCc2ccc(Cl)cc2Cl)C1O. The molecule has 3 rings (SSSR count). The summed E-state index contributed by atoms with van der Waals surface area (Å²) in [6.45, 7) is 0.0943. The van der Waals surface area contributed by atoms with Gasteiger partial charge in [0.1, 0.15) is 12.2 Å². The van der Waals surface area contributed by atoms with Gasteiger partial charge in [0.05, 0.1) is 23.9 Å². The van der Waals surface area contributed by atoms with Crippen molar-refractivity contribution in [3.8, 4) is 11.5 Å². The lowest BCUT2D eigenvalue weighted by molar-refractivity contribution is -0.118. The van der Waals surface area contributed by atoms with Gasteiger partial charge in [0.2, 0.25) is 5.91 Å². The summed E-state index contributed by atoms with van der Waals surface area (Å²) in [5.41, 5.74) is 1.86. The number of carbonyl (C=O) groups is 1. The molecule has 0 saturated heterocycles. The molecule has 35 heavy (non-hydrogen) atoms. The zero-order valence-corrected chi connectivity index (χ0v) is 22.6. The summed E-state index contributed by atoms with van der Waals surface area (Å²) in [6.07, 6.45) is -0.0609. The molecule has 2 aromatic carbocycles. The molecule has 0 bridgehead atoms. The van der Waals surface area contributed by atoms with E-state index in [1.807, 2.05) is 0 Å². The number of carbonyl (C=O) groups excluding carboxylic acids is 1. The molecule has 0 radical (unpaired) electrons. The van der Waals surface area contributed by atoms with E-state index in [0.29, 0.717) is 42.8 Å². The number of halogens is 3. The smallest absolute Gasteiger partial charge is 0.247 e. The minimum absolute atomic E-state index is 0.108. The van der Waals surface area contributed by atoms with Crippen molar-refractivity contribution in [2.75, 3.05) is 20.3 Å².